The average molecular weight is 813 g/mol. The number of aliphatic carboxylic acids is 1. The van der Waals surface area contributed by atoms with Gasteiger partial charge in [0.25, 0.3) is 36.3 Å². The van der Waals surface area contributed by atoms with Gasteiger partial charge in [-0.25, -0.2) is 9.79 Å². The first kappa shape index (κ1) is 40.1. The maximum absolute atomic E-state index is 12.6. The van der Waals surface area contributed by atoms with Gasteiger partial charge in [0.15, 0.2) is 0 Å². The summed E-state index contributed by atoms with van der Waals surface area (Å²) in [5, 5.41) is 31.9. The Morgan fingerprint density at radius 2 is 1.42 bits per heavy atom. The summed E-state index contributed by atoms with van der Waals surface area (Å²) in [4.78, 5) is 25.7. The summed E-state index contributed by atoms with van der Waals surface area (Å²) in [5.74, 6) is -1.81. The average Bonchev–Trinajstić information content (AvgIpc) is 3.08. The summed E-state index contributed by atoms with van der Waals surface area (Å²) >= 11 is 0. The van der Waals surface area contributed by atoms with Crippen molar-refractivity contribution in [1.29, 1.82) is 0 Å². The van der Waals surface area contributed by atoms with E-state index in [-0.39, 0.29) is 62.0 Å². The third kappa shape index (κ3) is 9.54. The first-order valence-electron chi connectivity index (χ1n) is 15.3. The van der Waals surface area contributed by atoms with Crippen LogP contribution in [-0.4, -0.2) is 82.5 Å². The minimum Gasteiger partial charge on any atom is -0.478 e. The van der Waals surface area contributed by atoms with Gasteiger partial charge in [0.1, 0.15) is 20.9 Å². The lowest BCUT2D eigenvalue weighted by atomic mass is 10.1. The quantitative estimate of drug-likeness (QED) is 0.0203. The van der Waals surface area contributed by atoms with E-state index in [1.54, 1.807) is 0 Å². The summed E-state index contributed by atoms with van der Waals surface area (Å²) < 4.78 is 104. The molecular weight excluding hydrogens is 785 g/mol. The number of benzene rings is 4. The molecule has 5 aromatic rings. The molecule has 1 heterocycles. The fourth-order valence-corrected chi connectivity index (χ4v) is 7.23. The van der Waals surface area contributed by atoms with Gasteiger partial charge in [0.2, 0.25) is 11.9 Å². The Morgan fingerprint density at radius 3 is 2.04 bits per heavy atom. The summed E-state index contributed by atoms with van der Waals surface area (Å²) in [6.07, 6.45) is 4.00. The molecule has 1 unspecified atom stereocenters. The van der Waals surface area contributed by atoms with Crippen molar-refractivity contribution in [1.82, 2.24) is 15.0 Å². The van der Waals surface area contributed by atoms with Gasteiger partial charge in [-0.15, -0.1) is 5.11 Å². The number of azo groups is 1. The largest absolute Gasteiger partial charge is 0.478 e. The molecule has 4 aromatic carbocycles. The van der Waals surface area contributed by atoms with Crippen molar-refractivity contribution in [3.8, 4) is 0 Å². The number of fused-ring (bicyclic) bond motifs is 2. The molecule has 5 rings (SSSR count). The zero-order valence-corrected chi connectivity index (χ0v) is 30.6. The Balaban J connectivity index is 1.64. The maximum atomic E-state index is 12.6. The molecule has 1 aromatic heterocycles. The molecule has 0 spiro atoms. The van der Waals surface area contributed by atoms with Crippen LogP contribution in [0, 0.1) is 0 Å². The molecule has 0 aliphatic carbocycles. The number of anilines is 3. The highest BCUT2D eigenvalue weighted by molar-refractivity contribution is 7.86. The number of hydrogen-bond donors (Lipinski definition) is 7. The highest BCUT2D eigenvalue weighted by atomic mass is 32.2. The number of rotatable bonds is 13. The third-order valence-corrected chi connectivity index (χ3v) is 10.0. The fraction of sp³-hybridized carbons (Fsp3) is 0.0938. The van der Waals surface area contributed by atoms with Gasteiger partial charge in [0, 0.05) is 27.8 Å². The molecule has 23 heteroatoms. The van der Waals surface area contributed by atoms with Crippen LogP contribution in [-0.2, 0) is 35.1 Å². The van der Waals surface area contributed by atoms with Crippen molar-refractivity contribution in [3.63, 3.8) is 0 Å². The van der Waals surface area contributed by atoms with Crippen molar-refractivity contribution in [2.75, 3.05) is 10.6 Å². The molecule has 0 aliphatic rings. The van der Waals surface area contributed by atoms with Gasteiger partial charge < -0.3 is 20.8 Å². The predicted molar refractivity (Wildman–Crippen MR) is 199 cm³/mol. The maximum Gasteiger partial charge on any atom is 0.335 e. The number of nitrogens with one attached hydrogen (secondary N) is 2. The van der Waals surface area contributed by atoms with E-state index in [9.17, 15) is 53.9 Å². The molecule has 0 saturated heterocycles. The van der Waals surface area contributed by atoms with Crippen LogP contribution in [0.1, 0.15) is 13.8 Å². The van der Waals surface area contributed by atoms with Crippen LogP contribution in [0.4, 0.5) is 34.9 Å². The molecule has 1 atom stereocenters. The molecule has 0 amide bonds. The Labute approximate surface area is 312 Å². The second kappa shape index (κ2) is 15.7. The Bertz CT molecular complexity index is 2820. The SMILES string of the molecule is C/C=C(\C=C/C=Nc1nc(Nc2ccc(N=Nc3cc(S(=O)(=O)O)c4cccc(S(=O)(=O)O)c4c3)c3cccc(S(=O)(=O)O)c23)nc(NC(C)O)n1)C(=O)O. The monoisotopic (exact) mass is 812 g/mol. The van der Waals surface area contributed by atoms with Gasteiger partial charge in [-0.3, -0.25) is 13.7 Å². The second-order valence-electron chi connectivity index (χ2n) is 11.1. The Kier molecular flexibility index (Phi) is 11.5. The highest BCUT2D eigenvalue weighted by Gasteiger charge is 2.23. The summed E-state index contributed by atoms with van der Waals surface area (Å²) in [6, 6.07) is 11.8. The Morgan fingerprint density at radius 1 is 0.782 bits per heavy atom. The molecule has 286 valence electrons. The standard InChI is InChI=1S/C32H28N8O12S3/c1-3-18(29(42)43)7-6-14-33-30-36-31(34-17(2)41)38-32(37-30)35-24-13-12-23(21-9-5-11-26(28(21)24)54(47,48)49)40-39-19-15-22-20(27(16-19)55(50,51)52)8-4-10-25(22)53(44,45)46/h3-17,41H,1-2H3,(H,42,43)(H,44,45,46)(H,47,48,49)(H,50,51,52)(H2,34,35,36,37,38)/b7-6-,18-3+,33-14?,40-39?. The van der Waals surface area contributed by atoms with E-state index in [0.29, 0.717) is 0 Å². The molecular formula is C32H28N8O12S3. The first-order valence-corrected chi connectivity index (χ1v) is 19.6. The van der Waals surface area contributed by atoms with Gasteiger partial charge in [0.05, 0.1) is 22.6 Å². The smallest absolute Gasteiger partial charge is 0.335 e. The zero-order chi connectivity index (χ0) is 40.3. The van der Waals surface area contributed by atoms with Crippen molar-refractivity contribution in [2.24, 2.45) is 15.2 Å². The van der Waals surface area contributed by atoms with Gasteiger partial charge >= 0.3 is 5.97 Å². The zero-order valence-electron chi connectivity index (χ0n) is 28.2. The van der Waals surface area contributed by atoms with Crippen LogP contribution in [0.5, 0.6) is 0 Å². The number of carboxylic acid groups (broad SMARTS) is 1. The third-order valence-electron chi connectivity index (χ3n) is 7.31. The second-order valence-corrected chi connectivity index (χ2v) is 15.3. The molecule has 0 aliphatic heterocycles. The molecule has 0 bridgehead atoms. The number of carboxylic acids is 1. The minimum absolute atomic E-state index is 0.0115. The number of allylic oxidation sites excluding steroid dienone is 2. The summed E-state index contributed by atoms with van der Waals surface area (Å²) in [6.45, 7) is 2.91. The van der Waals surface area contributed by atoms with Gasteiger partial charge in [-0.1, -0.05) is 30.3 Å². The van der Waals surface area contributed by atoms with Crippen LogP contribution in [0.15, 0.2) is 114 Å². The van der Waals surface area contributed by atoms with Crippen molar-refractivity contribution >= 4 is 99.0 Å². The number of aliphatic hydroxyl groups excluding tert-OH is 1. The van der Waals surface area contributed by atoms with E-state index in [1.165, 1.54) is 68.6 Å². The van der Waals surface area contributed by atoms with E-state index in [0.717, 1.165) is 30.3 Å². The predicted octanol–water partition coefficient (Wildman–Crippen LogP) is 5.12. The molecule has 55 heavy (non-hydrogen) atoms. The Hall–Kier alpha value is -6.08. The van der Waals surface area contributed by atoms with E-state index in [2.05, 4.69) is 40.8 Å². The molecule has 0 saturated carbocycles. The highest BCUT2D eigenvalue weighted by Crippen LogP contribution is 2.39. The molecule has 20 nitrogen and oxygen atoms in total. The lowest BCUT2D eigenvalue weighted by molar-refractivity contribution is -0.132. The lowest BCUT2D eigenvalue weighted by Gasteiger charge is -2.14. The van der Waals surface area contributed by atoms with Crippen LogP contribution in [0.25, 0.3) is 21.5 Å². The number of aliphatic hydroxyl groups is 1. The molecule has 7 N–H and O–H groups in total. The number of aliphatic imine (C=N–C) groups is 1. The number of carbonyl (C=O) groups is 1. The normalized spacial score (nSPS) is 13.7. The van der Waals surface area contributed by atoms with E-state index >= 15 is 0 Å². The van der Waals surface area contributed by atoms with Crippen molar-refractivity contribution in [3.05, 3.63) is 84.5 Å². The van der Waals surface area contributed by atoms with Crippen molar-refractivity contribution < 1.29 is 53.9 Å². The topological polar surface area (TPSA) is 320 Å². The van der Waals surface area contributed by atoms with Crippen LogP contribution in [0.2, 0.25) is 0 Å². The van der Waals surface area contributed by atoms with Crippen LogP contribution in [0.3, 0.4) is 0 Å². The number of aromatic nitrogens is 3. The van der Waals surface area contributed by atoms with Crippen molar-refractivity contribution in [2.45, 2.75) is 34.8 Å². The lowest BCUT2D eigenvalue weighted by Crippen LogP contribution is -2.16. The van der Waals surface area contributed by atoms with E-state index in [4.69, 9.17) is 0 Å². The first-order chi connectivity index (χ1) is 25.8. The van der Waals surface area contributed by atoms with Crippen LogP contribution < -0.4 is 10.6 Å². The number of nitrogens with zero attached hydrogens (tertiary/aromatic N) is 6. The fourth-order valence-electron chi connectivity index (χ4n) is 5.08. The van der Waals surface area contributed by atoms with Gasteiger partial charge in [-0.2, -0.15) is 45.3 Å². The molecule has 0 fully saturated rings. The minimum atomic E-state index is -4.97. The summed E-state index contributed by atoms with van der Waals surface area (Å²) in [7, 11) is -14.8. The summed E-state index contributed by atoms with van der Waals surface area (Å²) in [5.41, 5.74) is -0.373. The van der Waals surface area contributed by atoms with E-state index in [1.807, 2.05) is 0 Å². The molecule has 0 radical (unpaired) electrons. The number of hydrogen-bond acceptors (Lipinski definition) is 16. The van der Waals surface area contributed by atoms with Gasteiger partial charge in [-0.05, 0) is 62.4 Å². The van der Waals surface area contributed by atoms with E-state index < -0.39 is 57.2 Å². The van der Waals surface area contributed by atoms with Crippen LogP contribution >= 0.6 is 0 Å².